The van der Waals surface area contributed by atoms with E-state index < -0.39 is 0 Å². The van der Waals surface area contributed by atoms with Gasteiger partial charge in [-0.1, -0.05) is 146 Å². The molecule has 0 fully saturated rings. The number of aromatic nitrogens is 7. The van der Waals surface area contributed by atoms with Gasteiger partial charge in [-0.25, -0.2) is 15.0 Å². The Morgan fingerprint density at radius 1 is 0.292 bits per heavy atom. The first kappa shape index (κ1) is 37.9. The number of nitrogens with zero attached hydrogens (tertiary/aromatic N) is 7. The monoisotopic (exact) mass is 832 g/mol. The third-order valence-electron chi connectivity index (χ3n) is 12.0. The van der Waals surface area contributed by atoms with E-state index >= 15 is 0 Å². The van der Waals surface area contributed by atoms with Crippen LogP contribution in [0.3, 0.4) is 0 Å². The highest BCUT2D eigenvalue weighted by molar-refractivity contribution is 6.08. The maximum atomic E-state index is 5.32. The maximum absolute atomic E-state index is 5.32. The Morgan fingerprint density at radius 3 is 1.57 bits per heavy atom. The van der Waals surface area contributed by atoms with Gasteiger partial charge < -0.3 is 0 Å². The summed E-state index contributed by atoms with van der Waals surface area (Å²) < 4.78 is 2.11. The lowest BCUT2D eigenvalue weighted by Gasteiger charge is -2.11. The molecule has 4 bridgehead atoms. The normalized spacial score (nSPS) is 11.5. The standard InChI is InChI=1S/C58H38N7/c1-37-31-49-36-52(59-37)65-57(41-20-9-4-10-21-41)63-54(40-18-7-3-8-19-40)64-58(65)48-26-14-24-45(34-48)51-35-44(29-30-50(49)51)43-23-13-25-46(33-43)55-60-53(39-16-5-2-6-17-39)61-56(62-55)47-28-27-38-15-11-12-22-42(38)32-47/h2-36H,1H3/q+1. The van der Waals surface area contributed by atoms with Crippen LogP contribution in [-0.2, 0) is 0 Å². The number of hydrogen-bond donors (Lipinski definition) is 0. The fraction of sp³-hybridized carbons (Fsp3) is 0.0172. The first-order chi connectivity index (χ1) is 32.1. The molecule has 304 valence electrons. The lowest BCUT2D eigenvalue weighted by molar-refractivity contribution is -0.477. The van der Waals surface area contributed by atoms with Crippen molar-refractivity contribution in [3.05, 3.63) is 218 Å². The van der Waals surface area contributed by atoms with Gasteiger partial charge in [-0.2, -0.15) is 4.40 Å². The molecule has 7 heteroatoms. The van der Waals surface area contributed by atoms with Crippen LogP contribution < -0.4 is 4.40 Å². The lowest BCUT2D eigenvalue weighted by Crippen LogP contribution is -2.29. The van der Waals surface area contributed by atoms with Crippen molar-refractivity contribution in [3.8, 4) is 68.1 Å². The molecule has 4 heterocycles. The van der Waals surface area contributed by atoms with Crippen molar-refractivity contribution < 1.29 is 4.40 Å². The van der Waals surface area contributed by atoms with Gasteiger partial charge in [-0.3, -0.25) is 0 Å². The van der Waals surface area contributed by atoms with E-state index in [0.29, 0.717) is 23.3 Å². The van der Waals surface area contributed by atoms with E-state index in [1.807, 2.05) is 66.7 Å². The van der Waals surface area contributed by atoms with E-state index in [-0.39, 0.29) is 0 Å². The molecule has 12 aromatic rings. The SMILES string of the molecule is Cc1cc2cc(n1)[n+]1c(-c3ccccc3)nc(-c3ccccc3)nc1c1cccc(c1)c1cc(-c3cccc(-c4nc(-c5ccccc5)nc(-c5ccc6ccccc6c5)n4)c3)ccc21. The molecule has 4 aromatic heterocycles. The number of benzene rings is 8. The number of fused-ring (bicyclic) bond motifs is 11. The van der Waals surface area contributed by atoms with Gasteiger partial charge in [0.25, 0.3) is 5.82 Å². The van der Waals surface area contributed by atoms with Crippen LogP contribution in [0.5, 0.6) is 0 Å². The van der Waals surface area contributed by atoms with Gasteiger partial charge >= 0.3 is 0 Å². The predicted octanol–water partition coefficient (Wildman–Crippen LogP) is 13.3. The number of hydrogen-bond acceptors (Lipinski definition) is 6. The third-order valence-corrected chi connectivity index (χ3v) is 12.0. The van der Waals surface area contributed by atoms with Crippen LogP contribution in [-0.4, -0.2) is 29.9 Å². The molecule has 0 aliphatic rings. The molecule has 7 nitrogen and oxygen atoms in total. The van der Waals surface area contributed by atoms with Crippen LogP contribution in [0.15, 0.2) is 212 Å². The van der Waals surface area contributed by atoms with E-state index in [0.717, 1.165) is 94.1 Å². The summed E-state index contributed by atoms with van der Waals surface area (Å²) in [5.74, 6) is 3.27. The number of pyridine rings is 1. The first-order valence-corrected chi connectivity index (χ1v) is 21.7. The molecule has 8 aromatic carbocycles. The van der Waals surface area contributed by atoms with Gasteiger partial charge in [-0.15, -0.1) is 15.0 Å². The maximum Gasteiger partial charge on any atom is 0.272 e. The van der Waals surface area contributed by atoms with Gasteiger partial charge in [0.15, 0.2) is 17.5 Å². The van der Waals surface area contributed by atoms with Crippen molar-refractivity contribution in [2.45, 2.75) is 6.92 Å². The van der Waals surface area contributed by atoms with Crippen LogP contribution in [0.1, 0.15) is 5.69 Å². The molecule has 0 radical (unpaired) electrons. The number of rotatable bonds is 6. The molecule has 0 aliphatic carbocycles. The molecule has 0 amide bonds. The predicted molar refractivity (Wildman–Crippen MR) is 263 cm³/mol. The van der Waals surface area contributed by atoms with Crippen LogP contribution in [0, 0.1) is 6.92 Å². The minimum atomic E-state index is 0.609. The molecular weight excluding hydrogens is 795 g/mol. The molecule has 0 spiro atoms. The van der Waals surface area contributed by atoms with Crippen LogP contribution in [0.25, 0.3) is 117 Å². The van der Waals surface area contributed by atoms with E-state index in [1.54, 1.807) is 0 Å². The third kappa shape index (κ3) is 7.11. The van der Waals surface area contributed by atoms with Gasteiger partial charge in [-0.05, 0) is 111 Å². The van der Waals surface area contributed by atoms with Gasteiger partial charge in [0.1, 0.15) is 0 Å². The Kier molecular flexibility index (Phi) is 9.23. The summed E-state index contributed by atoms with van der Waals surface area (Å²) in [6.07, 6.45) is 0. The highest BCUT2D eigenvalue weighted by Gasteiger charge is 2.21. The quantitative estimate of drug-likeness (QED) is 0.155. The molecule has 0 atom stereocenters. The fourth-order valence-corrected chi connectivity index (χ4v) is 8.81. The van der Waals surface area contributed by atoms with Crippen molar-refractivity contribution in [1.29, 1.82) is 0 Å². The molecule has 12 rings (SSSR count). The highest BCUT2D eigenvalue weighted by atomic mass is 15.1. The molecule has 65 heavy (non-hydrogen) atoms. The van der Waals surface area contributed by atoms with E-state index in [9.17, 15) is 0 Å². The summed E-state index contributed by atoms with van der Waals surface area (Å²) >= 11 is 0. The molecule has 0 saturated carbocycles. The van der Waals surface area contributed by atoms with Crippen molar-refractivity contribution >= 4 is 49.0 Å². The highest BCUT2D eigenvalue weighted by Crippen LogP contribution is 2.34. The van der Waals surface area contributed by atoms with Gasteiger partial charge in [0.05, 0.1) is 5.69 Å². The Labute approximate surface area is 374 Å². The second-order valence-corrected chi connectivity index (χ2v) is 16.3. The van der Waals surface area contributed by atoms with E-state index in [2.05, 4.69) is 157 Å². The Hall–Kier alpha value is -8.81. The van der Waals surface area contributed by atoms with Crippen LogP contribution in [0.4, 0.5) is 0 Å². The summed E-state index contributed by atoms with van der Waals surface area (Å²) in [4.78, 5) is 30.9. The fourth-order valence-electron chi connectivity index (χ4n) is 8.81. The molecular formula is C58H38N7+. The average Bonchev–Trinajstić information content (AvgIpc) is 3.38. The lowest BCUT2D eigenvalue weighted by atomic mass is 9.97. The topological polar surface area (TPSA) is 81.4 Å². The summed E-state index contributed by atoms with van der Waals surface area (Å²) in [6, 6.07) is 73.5. The smallest absolute Gasteiger partial charge is 0.208 e. The Bertz CT molecular complexity index is 3840. The zero-order chi connectivity index (χ0) is 43.3. The Morgan fingerprint density at radius 2 is 0.831 bits per heavy atom. The van der Waals surface area contributed by atoms with Crippen molar-refractivity contribution in [3.63, 3.8) is 0 Å². The van der Waals surface area contributed by atoms with Gasteiger partial charge in [0.2, 0.25) is 17.1 Å². The molecule has 0 N–H and O–H groups in total. The zero-order valence-electron chi connectivity index (χ0n) is 35.3. The summed E-state index contributed by atoms with van der Waals surface area (Å²) in [7, 11) is 0. The average molecular weight is 833 g/mol. The molecule has 0 aliphatic heterocycles. The van der Waals surface area contributed by atoms with Crippen molar-refractivity contribution in [2.75, 3.05) is 0 Å². The van der Waals surface area contributed by atoms with Crippen molar-refractivity contribution in [2.24, 2.45) is 0 Å². The van der Waals surface area contributed by atoms with Gasteiger partial charge in [0, 0.05) is 39.3 Å². The minimum absolute atomic E-state index is 0.609. The summed E-state index contributed by atoms with van der Waals surface area (Å²) in [5.41, 5.74) is 9.19. The first-order valence-electron chi connectivity index (χ1n) is 21.7. The second kappa shape index (κ2) is 15.8. The zero-order valence-corrected chi connectivity index (χ0v) is 35.3. The summed E-state index contributed by atoms with van der Waals surface area (Å²) in [5, 5.41) is 7.59. The molecule has 0 unspecified atom stereocenters. The van der Waals surface area contributed by atoms with Crippen molar-refractivity contribution in [1.82, 2.24) is 29.9 Å². The minimum Gasteiger partial charge on any atom is -0.208 e. The van der Waals surface area contributed by atoms with E-state index in [1.165, 1.54) is 5.39 Å². The number of aryl methyl sites for hydroxylation is 1. The second-order valence-electron chi connectivity index (χ2n) is 16.3. The summed E-state index contributed by atoms with van der Waals surface area (Å²) in [6.45, 7) is 2.05. The largest absolute Gasteiger partial charge is 0.272 e. The Balaban J connectivity index is 1.06. The van der Waals surface area contributed by atoms with E-state index in [4.69, 9.17) is 29.9 Å². The molecule has 0 saturated heterocycles. The van der Waals surface area contributed by atoms with Crippen LogP contribution in [0.2, 0.25) is 0 Å². The van der Waals surface area contributed by atoms with Crippen LogP contribution >= 0.6 is 0 Å².